The molecule has 2 aromatic carbocycles. The SMILES string of the molecule is O=C(NCc1ccco1)c1ccc2c(=O)n(-c3ccc(F)cc3)c(=S)[nH]c2c1. The van der Waals surface area contributed by atoms with Gasteiger partial charge in [0.1, 0.15) is 11.6 Å². The van der Waals surface area contributed by atoms with Gasteiger partial charge in [-0.05, 0) is 66.8 Å². The molecule has 2 N–H and O–H groups in total. The number of nitrogens with zero attached hydrogens (tertiary/aromatic N) is 1. The monoisotopic (exact) mass is 395 g/mol. The second-order valence-electron chi connectivity index (χ2n) is 6.07. The summed E-state index contributed by atoms with van der Waals surface area (Å²) in [4.78, 5) is 28.2. The summed E-state index contributed by atoms with van der Waals surface area (Å²) in [5.41, 5.74) is 0.922. The van der Waals surface area contributed by atoms with Gasteiger partial charge >= 0.3 is 0 Å². The number of carbonyl (C=O) groups excluding carboxylic acids is 1. The molecule has 2 heterocycles. The molecule has 0 bridgehead atoms. The zero-order valence-corrected chi connectivity index (χ0v) is 15.3. The third-order valence-electron chi connectivity index (χ3n) is 4.25. The van der Waals surface area contributed by atoms with Crippen molar-refractivity contribution in [1.29, 1.82) is 0 Å². The zero-order valence-electron chi connectivity index (χ0n) is 14.4. The van der Waals surface area contributed by atoms with Crippen LogP contribution in [0.4, 0.5) is 4.39 Å². The van der Waals surface area contributed by atoms with Gasteiger partial charge in [0.2, 0.25) is 0 Å². The fourth-order valence-electron chi connectivity index (χ4n) is 2.87. The minimum absolute atomic E-state index is 0.150. The molecule has 0 radical (unpaired) electrons. The fraction of sp³-hybridized carbons (Fsp3) is 0.0500. The normalized spacial score (nSPS) is 10.9. The van der Waals surface area contributed by atoms with Gasteiger partial charge in [0.05, 0.1) is 29.4 Å². The zero-order chi connectivity index (χ0) is 19.7. The average Bonchev–Trinajstić information content (AvgIpc) is 3.21. The third-order valence-corrected chi connectivity index (χ3v) is 4.53. The number of hydrogen-bond donors (Lipinski definition) is 2. The second-order valence-corrected chi connectivity index (χ2v) is 6.46. The number of nitrogens with one attached hydrogen (secondary N) is 2. The summed E-state index contributed by atoms with van der Waals surface area (Å²) < 4.78 is 19.8. The van der Waals surface area contributed by atoms with Crippen LogP contribution in [0.1, 0.15) is 16.1 Å². The first-order valence-corrected chi connectivity index (χ1v) is 8.79. The molecule has 4 aromatic rings. The van der Waals surface area contributed by atoms with Crippen molar-refractivity contribution in [3.63, 3.8) is 0 Å². The molecule has 0 spiro atoms. The van der Waals surface area contributed by atoms with Crippen LogP contribution in [-0.2, 0) is 6.54 Å². The number of halogens is 1. The van der Waals surface area contributed by atoms with Crippen LogP contribution in [0.3, 0.4) is 0 Å². The van der Waals surface area contributed by atoms with E-state index in [1.165, 1.54) is 35.1 Å². The predicted octanol–water partition coefficient (Wildman–Crippen LogP) is 3.71. The van der Waals surface area contributed by atoms with Crippen LogP contribution in [0.2, 0.25) is 0 Å². The van der Waals surface area contributed by atoms with Crippen LogP contribution in [0.15, 0.2) is 70.1 Å². The molecule has 6 nitrogen and oxygen atoms in total. The largest absolute Gasteiger partial charge is 0.467 e. The number of aromatic nitrogens is 2. The van der Waals surface area contributed by atoms with Crippen LogP contribution >= 0.6 is 12.2 Å². The first-order chi connectivity index (χ1) is 13.5. The Bertz CT molecular complexity index is 1280. The number of aromatic amines is 1. The summed E-state index contributed by atoms with van der Waals surface area (Å²) in [7, 11) is 0. The summed E-state index contributed by atoms with van der Waals surface area (Å²) in [6.45, 7) is 0.256. The van der Waals surface area contributed by atoms with Gasteiger partial charge in [-0.1, -0.05) is 0 Å². The predicted molar refractivity (Wildman–Crippen MR) is 105 cm³/mol. The topological polar surface area (TPSA) is 80.0 Å². The molecule has 28 heavy (non-hydrogen) atoms. The van der Waals surface area contributed by atoms with Crippen molar-refractivity contribution in [2.75, 3.05) is 0 Å². The van der Waals surface area contributed by atoms with Crippen LogP contribution in [0.25, 0.3) is 16.6 Å². The van der Waals surface area contributed by atoms with E-state index in [4.69, 9.17) is 16.6 Å². The van der Waals surface area contributed by atoms with Gasteiger partial charge in [-0.15, -0.1) is 0 Å². The molecule has 0 atom stereocenters. The molecule has 140 valence electrons. The van der Waals surface area contributed by atoms with Crippen LogP contribution in [0, 0.1) is 10.6 Å². The van der Waals surface area contributed by atoms with Crippen molar-refractivity contribution in [2.24, 2.45) is 0 Å². The van der Waals surface area contributed by atoms with Crippen molar-refractivity contribution in [3.05, 3.63) is 93.1 Å². The third kappa shape index (κ3) is 3.37. The Morgan fingerprint density at radius 3 is 2.68 bits per heavy atom. The number of rotatable bonds is 4. The number of hydrogen-bond acceptors (Lipinski definition) is 4. The summed E-state index contributed by atoms with van der Waals surface area (Å²) >= 11 is 5.30. The molecule has 0 aliphatic rings. The van der Waals surface area contributed by atoms with Gasteiger partial charge in [-0.25, -0.2) is 4.39 Å². The van der Waals surface area contributed by atoms with Crippen molar-refractivity contribution >= 4 is 29.0 Å². The van der Waals surface area contributed by atoms with E-state index in [9.17, 15) is 14.0 Å². The van der Waals surface area contributed by atoms with E-state index in [0.29, 0.717) is 27.9 Å². The van der Waals surface area contributed by atoms with Crippen LogP contribution < -0.4 is 10.9 Å². The molecule has 0 aliphatic carbocycles. The fourth-order valence-corrected chi connectivity index (χ4v) is 3.16. The highest BCUT2D eigenvalue weighted by Crippen LogP contribution is 2.14. The maximum Gasteiger partial charge on any atom is 0.266 e. The van der Waals surface area contributed by atoms with Crippen LogP contribution in [0.5, 0.6) is 0 Å². The molecular weight excluding hydrogens is 381 g/mol. The van der Waals surface area contributed by atoms with E-state index >= 15 is 0 Å². The second kappa shape index (κ2) is 7.24. The van der Waals surface area contributed by atoms with Gasteiger partial charge < -0.3 is 14.7 Å². The van der Waals surface area contributed by atoms with E-state index in [1.807, 2.05) is 0 Å². The summed E-state index contributed by atoms with van der Waals surface area (Å²) in [6, 6.07) is 13.7. The smallest absolute Gasteiger partial charge is 0.266 e. The first-order valence-electron chi connectivity index (χ1n) is 8.38. The summed E-state index contributed by atoms with van der Waals surface area (Å²) in [5, 5.41) is 3.11. The van der Waals surface area contributed by atoms with Gasteiger partial charge in [-0.2, -0.15) is 0 Å². The van der Waals surface area contributed by atoms with Gasteiger partial charge in [-0.3, -0.25) is 14.2 Å². The minimum Gasteiger partial charge on any atom is -0.467 e. The molecule has 4 rings (SSSR count). The Balaban J connectivity index is 1.70. The van der Waals surface area contributed by atoms with Crippen LogP contribution in [-0.4, -0.2) is 15.5 Å². The number of furan rings is 1. The number of benzene rings is 2. The van der Waals surface area contributed by atoms with Gasteiger partial charge in [0.15, 0.2) is 4.77 Å². The molecule has 8 heteroatoms. The summed E-state index contributed by atoms with van der Waals surface area (Å²) in [5.74, 6) is -0.0752. The summed E-state index contributed by atoms with van der Waals surface area (Å²) in [6.07, 6.45) is 1.53. The maximum atomic E-state index is 13.2. The lowest BCUT2D eigenvalue weighted by Gasteiger charge is -2.09. The highest BCUT2D eigenvalue weighted by molar-refractivity contribution is 7.71. The molecule has 0 aliphatic heterocycles. The molecule has 0 unspecified atom stereocenters. The van der Waals surface area contributed by atoms with Crippen molar-refractivity contribution in [1.82, 2.24) is 14.9 Å². The van der Waals surface area contributed by atoms with Crippen molar-refractivity contribution < 1.29 is 13.6 Å². The Morgan fingerprint density at radius 2 is 1.96 bits per heavy atom. The number of carbonyl (C=O) groups is 1. The lowest BCUT2D eigenvalue weighted by atomic mass is 10.1. The molecule has 2 aromatic heterocycles. The quantitative estimate of drug-likeness (QED) is 0.516. The Labute approximate surface area is 163 Å². The first kappa shape index (κ1) is 17.9. The number of fused-ring (bicyclic) bond motifs is 1. The minimum atomic E-state index is -0.405. The Hall–Kier alpha value is -3.52. The molecular formula is C20H14FN3O3S. The van der Waals surface area contributed by atoms with Crippen molar-refractivity contribution in [2.45, 2.75) is 6.54 Å². The van der Waals surface area contributed by atoms with Gasteiger partial charge in [0, 0.05) is 5.56 Å². The molecule has 0 fully saturated rings. The van der Waals surface area contributed by atoms with E-state index in [2.05, 4.69) is 10.3 Å². The standard InChI is InChI=1S/C20H14FN3O3S/c21-13-4-6-14(7-5-13)24-19(26)16-8-3-12(10-17(16)23-20(24)28)18(25)22-11-15-2-1-9-27-15/h1-10H,11H2,(H,22,25)(H,23,28). The lowest BCUT2D eigenvalue weighted by molar-refractivity contribution is 0.0948. The average molecular weight is 395 g/mol. The highest BCUT2D eigenvalue weighted by atomic mass is 32.1. The molecule has 1 amide bonds. The maximum absolute atomic E-state index is 13.2. The molecule has 0 saturated carbocycles. The highest BCUT2D eigenvalue weighted by Gasteiger charge is 2.12. The van der Waals surface area contributed by atoms with Gasteiger partial charge in [0.25, 0.3) is 11.5 Å². The molecule has 0 saturated heterocycles. The van der Waals surface area contributed by atoms with Crippen molar-refractivity contribution in [3.8, 4) is 5.69 Å². The number of amides is 1. The number of H-pyrrole nitrogens is 1. The van der Waals surface area contributed by atoms with E-state index < -0.39 is 5.82 Å². The van der Waals surface area contributed by atoms with E-state index in [1.54, 1.807) is 30.3 Å². The Kier molecular flexibility index (Phi) is 4.62. The lowest BCUT2D eigenvalue weighted by Crippen LogP contribution is -2.23. The van der Waals surface area contributed by atoms with E-state index in [0.717, 1.165) is 0 Å². The Morgan fingerprint density at radius 1 is 1.18 bits per heavy atom. The van der Waals surface area contributed by atoms with E-state index in [-0.39, 0.29) is 22.8 Å².